The zero-order valence-electron chi connectivity index (χ0n) is 19.8. The van der Waals surface area contributed by atoms with Crippen LogP contribution in [0.3, 0.4) is 0 Å². The van der Waals surface area contributed by atoms with Gasteiger partial charge in [-0.25, -0.2) is 4.79 Å². The van der Waals surface area contributed by atoms with Crippen LogP contribution in [0.2, 0.25) is 0 Å². The van der Waals surface area contributed by atoms with Gasteiger partial charge in [0.15, 0.2) is 6.29 Å². The molecule has 2 aliphatic heterocycles. The summed E-state index contributed by atoms with van der Waals surface area (Å²) >= 11 is 0. The van der Waals surface area contributed by atoms with E-state index >= 15 is 0 Å². The number of carbonyl (C=O) groups excluding carboxylic acids is 1. The summed E-state index contributed by atoms with van der Waals surface area (Å²) in [6.45, 7) is 6.81. The van der Waals surface area contributed by atoms with Gasteiger partial charge in [-0.3, -0.25) is 4.90 Å². The molecule has 5 atom stereocenters. The van der Waals surface area contributed by atoms with Crippen LogP contribution in [0, 0.1) is 5.92 Å². The van der Waals surface area contributed by atoms with Crippen LogP contribution in [0.5, 0.6) is 0 Å². The molecule has 2 aromatic carbocycles. The van der Waals surface area contributed by atoms with Crippen LogP contribution in [-0.2, 0) is 16.1 Å². The van der Waals surface area contributed by atoms with Gasteiger partial charge in [-0.15, -0.1) is 0 Å². The largest absolute Gasteiger partial charge is 0.392 e. The van der Waals surface area contributed by atoms with E-state index in [2.05, 4.69) is 22.5 Å². The number of carbonyl (C=O) groups is 1. The molecule has 0 aliphatic carbocycles. The highest BCUT2D eigenvalue weighted by atomic mass is 16.7. The predicted octanol–water partition coefficient (Wildman–Crippen LogP) is 3.18. The van der Waals surface area contributed by atoms with E-state index in [-0.39, 0.29) is 36.9 Å². The summed E-state index contributed by atoms with van der Waals surface area (Å²) in [4.78, 5) is 14.1. The minimum absolute atomic E-state index is 0.00364. The predicted molar refractivity (Wildman–Crippen MR) is 129 cm³/mol. The van der Waals surface area contributed by atoms with Gasteiger partial charge < -0.3 is 30.3 Å². The standard InChI is InChI=1S/C26H35N3O5/c1-3-27-26(32)28-21-10-8-20(9-11-21)25-33-23(15-29-13-12-22(31)14-29)17(2)24(34-25)19-6-4-18(16-30)5-7-19/h4-11,17,22-25,30-31H,3,12-16H2,1-2H3,(H2,27,28,32). The summed E-state index contributed by atoms with van der Waals surface area (Å²) in [6.07, 6.45) is -0.322. The lowest BCUT2D eigenvalue weighted by atomic mass is 9.90. The Morgan fingerprint density at radius 3 is 2.41 bits per heavy atom. The number of amides is 2. The maximum Gasteiger partial charge on any atom is 0.319 e. The first kappa shape index (κ1) is 24.6. The third kappa shape index (κ3) is 5.95. The number of nitrogens with zero attached hydrogens (tertiary/aromatic N) is 1. The molecule has 2 aliphatic rings. The second-order valence-electron chi connectivity index (χ2n) is 9.13. The molecule has 2 aromatic rings. The number of nitrogens with one attached hydrogen (secondary N) is 2. The zero-order chi connectivity index (χ0) is 24.1. The van der Waals surface area contributed by atoms with E-state index in [1.54, 1.807) is 0 Å². The molecular formula is C26H35N3O5. The number of aliphatic hydroxyl groups is 2. The van der Waals surface area contributed by atoms with E-state index in [1.807, 2.05) is 55.5 Å². The fourth-order valence-electron chi connectivity index (χ4n) is 4.62. The fraction of sp³-hybridized carbons (Fsp3) is 0.500. The maximum absolute atomic E-state index is 11.8. The second kappa shape index (κ2) is 11.3. The lowest BCUT2D eigenvalue weighted by molar-refractivity contribution is -0.276. The average molecular weight is 470 g/mol. The van der Waals surface area contributed by atoms with Crippen molar-refractivity contribution in [3.05, 3.63) is 65.2 Å². The Morgan fingerprint density at radius 2 is 1.79 bits per heavy atom. The monoisotopic (exact) mass is 469 g/mol. The van der Waals surface area contributed by atoms with E-state index in [9.17, 15) is 15.0 Å². The van der Waals surface area contributed by atoms with E-state index in [1.165, 1.54) is 0 Å². The van der Waals surface area contributed by atoms with Crippen molar-refractivity contribution in [1.29, 1.82) is 0 Å². The van der Waals surface area contributed by atoms with Crippen LogP contribution < -0.4 is 10.6 Å². The van der Waals surface area contributed by atoms with Crippen LogP contribution in [0.1, 0.15) is 49.4 Å². The molecule has 0 spiro atoms. The van der Waals surface area contributed by atoms with Gasteiger partial charge in [0, 0.05) is 43.3 Å². The highest BCUT2D eigenvalue weighted by Gasteiger charge is 2.39. The first-order valence-corrected chi connectivity index (χ1v) is 12.0. The number of anilines is 1. The van der Waals surface area contributed by atoms with E-state index < -0.39 is 6.29 Å². The minimum Gasteiger partial charge on any atom is -0.392 e. The molecule has 8 heteroatoms. The van der Waals surface area contributed by atoms with Gasteiger partial charge in [-0.1, -0.05) is 43.3 Å². The quantitative estimate of drug-likeness (QED) is 0.497. The molecule has 0 radical (unpaired) electrons. The number of ether oxygens (including phenoxy) is 2. The smallest absolute Gasteiger partial charge is 0.319 e. The lowest BCUT2D eigenvalue weighted by Gasteiger charge is -2.42. The molecule has 34 heavy (non-hydrogen) atoms. The Hall–Kier alpha value is -2.49. The molecule has 2 amide bonds. The molecule has 4 N–H and O–H groups in total. The molecule has 8 nitrogen and oxygen atoms in total. The Labute approximate surface area is 200 Å². The van der Waals surface area contributed by atoms with Gasteiger partial charge in [0.25, 0.3) is 0 Å². The Kier molecular flexibility index (Phi) is 8.18. The molecular weight excluding hydrogens is 434 g/mol. The highest BCUT2D eigenvalue weighted by Crippen LogP contribution is 2.42. The van der Waals surface area contributed by atoms with Gasteiger partial charge in [0.2, 0.25) is 0 Å². The number of urea groups is 1. The van der Waals surface area contributed by atoms with Crippen molar-refractivity contribution in [3.8, 4) is 0 Å². The SMILES string of the molecule is CCNC(=O)Nc1ccc(C2OC(CN3CCC(O)C3)C(C)C(c3ccc(CO)cc3)O2)cc1. The van der Waals surface area contributed by atoms with Crippen molar-refractivity contribution in [1.82, 2.24) is 10.2 Å². The van der Waals surface area contributed by atoms with Gasteiger partial charge in [-0.05, 0) is 36.6 Å². The van der Waals surface area contributed by atoms with Gasteiger partial charge in [0.05, 0.1) is 24.9 Å². The van der Waals surface area contributed by atoms with Crippen molar-refractivity contribution in [2.24, 2.45) is 5.92 Å². The molecule has 2 heterocycles. The summed E-state index contributed by atoms with van der Waals surface area (Å²) in [5.41, 5.74) is 3.46. The lowest BCUT2D eigenvalue weighted by Crippen LogP contribution is -2.44. The Morgan fingerprint density at radius 1 is 1.09 bits per heavy atom. The van der Waals surface area contributed by atoms with Gasteiger partial charge in [0.1, 0.15) is 0 Å². The average Bonchev–Trinajstić information content (AvgIpc) is 3.25. The van der Waals surface area contributed by atoms with Crippen LogP contribution in [0.4, 0.5) is 10.5 Å². The van der Waals surface area contributed by atoms with Gasteiger partial charge in [-0.2, -0.15) is 0 Å². The number of hydrogen-bond acceptors (Lipinski definition) is 6. The zero-order valence-corrected chi connectivity index (χ0v) is 19.8. The van der Waals surface area contributed by atoms with Crippen LogP contribution >= 0.6 is 0 Å². The second-order valence-corrected chi connectivity index (χ2v) is 9.13. The molecule has 184 valence electrons. The molecule has 0 bridgehead atoms. The topological polar surface area (TPSA) is 103 Å². The fourth-order valence-corrected chi connectivity index (χ4v) is 4.62. The number of aliphatic hydroxyl groups excluding tert-OH is 2. The first-order valence-electron chi connectivity index (χ1n) is 12.0. The molecule has 2 fully saturated rings. The highest BCUT2D eigenvalue weighted by molar-refractivity contribution is 5.89. The van der Waals surface area contributed by atoms with Crippen molar-refractivity contribution >= 4 is 11.7 Å². The number of β-amino-alcohol motifs (C(OH)–C–C–N with tert-alkyl or cyclic N) is 1. The molecule has 5 unspecified atom stereocenters. The molecule has 2 saturated heterocycles. The number of hydrogen-bond donors (Lipinski definition) is 4. The third-order valence-corrected chi connectivity index (χ3v) is 6.59. The number of rotatable bonds is 7. The van der Waals surface area contributed by atoms with E-state index in [4.69, 9.17) is 9.47 Å². The van der Waals surface area contributed by atoms with Crippen LogP contribution in [0.25, 0.3) is 0 Å². The van der Waals surface area contributed by atoms with Gasteiger partial charge >= 0.3 is 6.03 Å². The summed E-state index contributed by atoms with van der Waals surface area (Å²) < 4.78 is 12.9. The molecule has 0 aromatic heterocycles. The summed E-state index contributed by atoms with van der Waals surface area (Å²) in [5.74, 6) is 0.0904. The molecule has 0 saturated carbocycles. The Bertz CT molecular complexity index is 936. The van der Waals surface area contributed by atoms with E-state index in [0.717, 1.165) is 36.2 Å². The minimum atomic E-state index is -0.560. The van der Waals surface area contributed by atoms with Crippen molar-refractivity contribution in [3.63, 3.8) is 0 Å². The van der Waals surface area contributed by atoms with Crippen LogP contribution in [0.15, 0.2) is 48.5 Å². The Balaban J connectivity index is 1.53. The summed E-state index contributed by atoms with van der Waals surface area (Å²) in [7, 11) is 0. The first-order chi connectivity index (χ1) is 16.5. The van der Waals surface area contributed by atoms with E-state index in [0.29, 0.717) is 18.8 Å². The van der Waals surface area contributed by atoms with Crippen LogP contribution in [-0.4, -0.2) is 59.5 Å². The number of benzene rings is 2. The van der Waals surface area contributed by atoms with Crippen molar-refractivity contribution < 1.29 is 24.5 Å². The molecule has 4 rings (SSSR count). The van der Waals surface area contributed by atoms with Crippen molar-refractivity contribution in [2.45, 2.75) is 51.5 Å². The van der Waals surface area contributed by atoms with Crippen molar-refractivity contribution in [2.75, 3.05) is 31.5 Å². The maximum atomic E-state index is 11.8. The third-order valence-electron chi connectivity index (χ3n) is 6.59. The number of likely N-dealkylation sites (tertiary alicyclic amines) is 1. The summed E-state index contributed by atoms with van der Waals surface area (Å²) in [6, 6.07) is 15.1. The summed E-state index contributed by atoms with van der Waals surface area (Å²) in [5, 5.41) is 24.9. The normalized spacial score (nSPS) is 27.5.